The third kappa shape index (κ3) is 5.88. The summed E-state index contributed by atoms with van der Waals surface area (Å²) in [4.78, 5) is 0. The summed E-state index contributed by atoms with van der Waals surface area (Å²) >= 11 is 3.15. The molecular weight excluding hydrogens is 337 g/mol. The zero-order chi connectivity index (χ0) is 14.6. The fourth-order valence-electron chi connectivity index (χ4n) is 1.52. The molecule has 19 heavy (non-hydrogen) atoms. The summed E-state index contributed by atoms with van der Waals surface area (Å²) in [5.41, 5.74) is 0. The van der Waals surface area contributed by atoms with Crippen molar-refractivity contribution in [2.45, 2.75) is 13.8 Å². The topological polar surface area (TPSA) is 69.4 Å². The third-order valence-corrected chi connectivity index (χ3v) is 4.12. The molecule has 0 radical (unpaired) electrons. The zero-order valence-electron chi connectivity index (χ0n) is 10.8. The molecule has 0 aliphatic heterocycles. The van der Waals surface area contributed by atoms with Gasteiger partial charge in [-0.25, -0.2) is 17.9 Å². The van der Waals surface area contributed by atoms with Crippen LogP contribution in [0.2, 0.25) is 0 Å². The molecule has 1 unspecified atom stereocenters. The predicted molar refractivity (Wildman–Crippen MR) is 75.9 cm³/mol. The van der Waals surface area contributed by atoms with Gasteiger partial charge in [-0.05, 0) is 24.1 Å². The molecule has 1 aromatic rings. The minimum Gasteiger partial charge on any atom is -0.490 e. The van der Waals surface area contributed by atoms with E-state index in [0.717, 1.165) is 0 Å². The highest BCUT2D eigenvalue weighted by molar-refractivity contribution is 9.10. The first-order chi connectivity index (χ1) is 8.69. The normalized spacial score (nSPS) is 13.6. The number of halogens is 2. The van der Waals surface area contributed by atoms with Crippen molar-refractivity contribution in [3.8, 4) is 5.75 Å². The highest BCUT2D eigenvalue weighted by atomic mass is 79.9. The Hall–Kier alpha value is -0.660. The van der Waals surface area contributed by atoms with Gasteiger partial charge in [0.2, 0.25) is 10.0 Å². The van der Waals surface area contributed by atoms with Crippen LogP contribution in [0.4, 0.5) is 4.39 Å². The van der Waals surface area contributed by atoms with Crippen molar-refractivity contribution in [2.24, 2.45) is 17.0 Å². The monoisotopic (exact) mass is 353 g/mol. The lowest BCUT2D eigenvalue weighted by Crippen LogP contribution is -2.30. The van der Waals surface area contributed by atoms with Crippen LogP contribution in [0.5, 0.6) is 5.75 Å². The van der Waals surface area contributed by atoms with Gasteiger partial charge in [0.25, 0.3) is 0 Å². The lowest BCUT2D eigenvalue weighted by atomic mass is 9.99. The summed E-state index contributed by atoms with van der Waals surface area (Å²) in [5.74, 6) is -0.784. The number of primary sulfonamides is 1. The molecule has 0 saturated carbocycles. The highest BCUT2D eigenvalue weighted by Gasteiger charge is 2.20. The average Bonchev–Trinajstić information content (AvgIpc) is 2.24. The second-order valence-electron chi connectivity index (χ2n) is 4.72. The first-order valence-corrected chi connectivity index (χ1v) is 8.28. The van der Waals surface area contributed by atoms with Crippen molar-refractivity contribution < 1.29 is 17.5 Å². The molecule has 7 heteroatoms. The van der Waals surface area contributed by atoms with Crippen LogP contribution in [-0.2, 0) is 10.0 Å². The van der Waals surface area contributed by atoms with Crippen molar-refractivity contribution in [3.05, 3.63) is 28.5 Å². The van der Waals surface area contributed by atoms with Gasteiger partial charge >= 0.3 is 0 Å². The third-order valence-electron chi connectivity index (χ3n) is 2.74. The molecular formula is C12H17BrFNO3S. The van der Waals surface area contributed by atoms with Crippen molar-refractivity contribution in [1.82, 2.24) is 0 Å². The van der Waals surface area contributed by atoms with E-state index in [4.69, 9.17) is 9.88 Å². The van der Waals surface area contributed by atoms with E-state index in [1.807, 2.05) is 13.8 Å². The van der Waals surface area contributed by atoms with Gasteiger partial charge in [0.15, 0.2) is 11.6 Å². The van der Waals surface area contributed by atoms with E-state index in [9.17, 15) is 12.8 Å². The Kier molecular flexibility index (Phi) is 5.76. The molecule has 0 amide bonds. The van der Waals surface area contributed by atoms with E-state index in [2.05, 4.69) is 15.9 Å². The molecule has 0 saturated heterocycles. The summed E-state index contributed by atoms with van der Waals surface area (Å²) in [6.45, 7) is 3.85. The van der Waals surface area contributed by atoms with Crippen LogP contribution in [0.15, 0.2) is 22.7 Å². The first kappa shape index (κ1) is 16.4. The van der Waals surface area contributed by atoms with Crippen molar-refractivity contribution in [3.63, 3.8) is 0 Å². The number of sulfonamides is 1. The lowest BCUT2D eigenvalue weighted by molar-refractivity contribution is 0.217. The Bertz CT molecular complexity index is 534. The molecule has 0 aromatic heterocycles. The van der Waals surface area contributed by atoms with Crippen LogP contribution < -0.4 is 9.88 Å². The molecule has 0 spiro atoms. The van der Waals surface area contributed by atoms with E-state index >= 15 is 0 Å². The van der Waals surface area contributed by atoms with Crippen LogP contribution >= 0.6 is 15.9 Å². The minimum absolute atomic E-state index is 0.0665. The SMILES string of the molecule is CC(C)C(COc1ccc(Br)cc1F)CS(N)(=O)=O. The average molecular weight is 354 g/mol. The second-order valence-corrected chi connectivity index (χ2v) is 7.29. The lowest BCUT2D eigenvalue weighted by Gasteiger charge is -2.20. The summed E-state index contributed by atoms with van der Waals surface area (Å²) in [6, 6.07) is 4.44. The van der Waals surface area contributed by atoms with Gasteiger partial charge in [-0.15, -0.1) is 0 Å². The molecule has 2 N–H and O–H groups in total. The largest absolute Gasteiger partial charge is 0.490 e. The van der Waals surface area contributed by atoms with E-state index < -0.39 is 15.8 Å². The molecule has 1 rings (SSSR count). The van der Waals surface area contributed by atoms with Crippen molar-refractivity contribution in [2.75, 3.05) is 12.4 Å². The summed E-state index contributed by atoms with van der Waals surface area (Å²) < 4.78 is 41.7. The second kappa shape index (κ2) is 6.67. The van der Waals surface area contributed by atoms with Crippen molar-refractivity contribution in [1.29, 1.82) is 0 Å². The van der Waals surface area contributed by atoms with E-state index in [0.29, 0.717) is 4.47 Å². The maximum atomic E-state index is 13.5. The molecule has 0 fully saturated rings. The van der Waals surface area contributed by atoms with Gasteiger partial charge in [0.1, 0.15) is 0 Å². The molecule has 0 bridgehead atoms. The minimum atomic E-state index is -3.57. The van der Waals surface area contributed by atoms with Gasteiger partial charge in [-0.2, -0.15) is 0 Å². The summed E-state index contributed by atoms with van der Waals surface area (Å²) in [5, 5.41) is 5.03. The van der Waals surface area contributed by atoms with Gasteiger partial charge in [-0.1, -0.05) is 29.8 Å². The Morgan fingerprint density at radius 3 is 2.53 bits per heavy atom. The molecule has 0 aliphatic rings. The van der Waals surface area contributed by atoms with Crippen molar-refractivity contribution >= 4 is 26.0 Å². The highest BCUT2D eigenvalue weighted by Crippen LogP contribution is 2.23. The predicted octanol–water partition coefficient (Wildman–Crippen LogP) is 2.53. The fraction of sp³-hybridized carbons (Fsp3) is 0.500. The number of hydrogen-bond acceptors (Lipinski definition) is 3. The number of ether oxygens (including phenoxy) is 1. The quantitative estimate of drug-likeness (QED) is 0.854. The number of rotatable bonds is 6. The van der Waals surface area contributed by atoms with E-state index in [1.54, 1.807) is 6.07 Å². The first-order valence-electron chi connectivity index (χ1n) is 5.77. The number of hydrogen-bond donors (Lipinski definition) is 1. The van der Waals surface area contributed by atoms with Crippen LogP contribution in [0.25, 0.3) is 0 Å². The van der Waals surface area contributed by atoms with Crippen LogP contribution in [0.1, 0.15) is 13.8 Å². The van der Waals surface area contributed by atoms with Crippen LogP contribution in [-0.4, -0.2) is 20.8 Å². The molecule has 4 nitrogen and oxygen atoms in total. The Morgan fingerprint density at radius 1 is 1.42 bits per heavy atom. The molecule has 0 heterocycles. The fourth-order valence-corrected chi connectivity index (χ4v) is 2.93. The van der Waals surface area contributed by atoms with Gasteiger partial charge < -0.3 is 4.74 Å². The van der Waals surface area contributed by atoms with Gasteiger partial charge in [-0.3, -0.25) is 0 Å². The Morgan fingerprint density at radius 2 is 2.05 bits per heavy atom. The van der Waals surface area contributed by atoms with Crippen LogP contribution in [0.3, 0.4) is 0 Å². The summed E-state index contributed by atoms with van der Waals surface area (Å²) in [7, 11) is -3.57. The molecule has 1 aromatic carbocycles. The van der Waals surface area contributed by atoms with Gasteiger partial charge in [0, 0.05) is 10.4 Å². The standard InChI is InChI=1S/C12H17BrFNO3S/c1-8(2)9(7-19(15,16)17)6-18-12-4-3-10(13)5-11(12)14/h3-5,8-9H,6-7H2,1-2H3,(H2,15,16,17). The number of benzene rings is 1. The zero-order valence-corrected chi connectivity index (χ0v) is 13.2. The molecule has 1 atom stereocenters. The maximum Gasteiger partial charge on any atom is 0.209 e. The number of nitrogens with two attached hydrogens (primary N) is 1. The molecule has 0 aliphatic carbocycles. The maximum absolute atomic E-state index is 13.5. The van der Waals surface area contributed by atoms with E-state index in [-0.39, 0.29) is 29.9 Å². The van der Waals surface area contributed by atoms with Crippen LogP contribution in [0, 0.1) is 17.7 Å². The Balaban J connectivity index is 2.71. The smallest absolute Gasteiger partial charge is 0.209 e. The molecule has 108 valence electrons. The van der Waals surface area contributed by atoms with E-state index in [1.165, 1.54) is 12.1 Å². The van der Waals surface area contributed by atoms with Gasteiger partial charge in [0.05, 0.1) is 12.4 Å². The summed E-state index contributed by atoms with van der Waals surface area (Å²) in [6.07, 6.45) is 0. The Labute approximate surface area is 121 Å².